The van der Waals surface area contributed by atoms with Crippen molar-refractivity contribution in [1.82, 2.24) is 0 Å². The van der Waals surface area contributed by atoms with Crippen LogP contribution in [0, 0.1) is 0 Å². The summed E-state index contributed by atoms with van der Waals surface area (Å²) in [5.41, 5.74) is 3.28. The average molecular weight is 453 g/mol. The third kappa shape index (κ3) is 15.2. The summed E-state index contributed by atoms with van der Waals surface area (Å²) in [6.07, 6.45) is 14.1. The van der Waals surface area contributed by atoms with Gasteiger partial charge in [0.05, 0.1) is 0 Å². The van der Waals surface area contributed by atoms with Gasteiger partial charge in [-0.15, -0.1) is 0 Å². The number of benzene rings is 3. The summed E-state index contributed by atoms with van der Waals surface area (Å²) in [7, 11) is 0. The number of aliphatic carboxylic acids is 2. The number of allylic oxidation sites excluding steroid dienone is 4. The van der Waals surface area contributed by atoms with E-state index < -0.39 is 11.9 Å². The molecule has 0 aromatic heterocycles. The van der Waals surface area contributed by atoms with E-state index in [9.17, 15) is 9.59 Å². The number of carbonyl (C=O) groups is 2. The van der Waals surface area contributed by atoms with Gasteiger partial charge >= 0.3 is 11.9 Å². The van der Waals surface area contributed by atoms with Crippen molar-refractivity contribution in [3.8, 4) is 0 Å². The number of hydrogen-bond donors (Lipinski definition) is 2. The zero-order chi connectivity index (χ0) is 24.9. The lowest BCUT2D eigenvalue weighted by molar-refractivity contribution is -0.132. The second-order valence-electron chi connectivity index (χ2n) is 6.55. The Labute approximate surface area is 200 Å². The highest BCUT2D eigenvalue weighted by molar-refractivity contribution is 5.80. The highest BCUT2D eigenvalue weighted by Crippen LogP contribution is 2.01. The molecule has 172 valence electrons. The van der Waals surface area contributed by atoms with Crippen molar-refractivity contribution in [3.05, 3.63) is 151 Å². The van der Waals surface area contributed by atoms with Gasteiger partial charge in [-0.1, -0.05) is 140 Å². The lowest BCUT2D eigenvalue weighted by Crippen LogP contribution is -1.84. The van der Waals surface area contributed by atoms with Crippen molar-refractivity contribution < 1.29 is 19.8 Å². The molecule has 2 N–H and O–H groups in total. The van der Waals surface area contributed by atoms with E-state index >= 15 is 0 Å². The molecule has 0 aliphatic heterocycles. The quantitative estimate of drug-likeness (QED) is 0.299. The molecule has 3 rings (SSSR count). The predicted molar refractivity (Wildman–Crippen MR) is 141 cm³/mol. The maximum Gasteiger partial charge on any atom is 0.328 e. The zero-order valence-electron chi connectivity index (χ0n) is 18.8. The first-order chi connectivity index (χ1) is 16.5. The second kappa shape index (κ2) is 17.9. The smallest absolute Gasteiger partial charge is 0.328 e. The predicted octanol–water partition coefficient (Wildman–Crippen LogP) is 7.01. The minimum absolute atomic E-state index is 0.933. The van der Waals surface area contributed by atoms with E-state index in [1.807, 2.05) is 109 Å². The molecule has 0 unspecified atom stereocenters. The van der Waals surface area contributed by atoms with Crippen molar-refractivity contribution in [3.63, 3.8) is 0 Å². The van der Waals surface area contributed by atoms with Crippen molar-refractivity contribution in [2.75, 3.05) is 0 Å². The van der Waals surface area contributed by atoms with Gasteiger partial charge < -0.3 is 10.2 Å². The molecule has 0 aliphatic carbocycles. The van der Waals surface area contributed by atoms with Gasteiger partial charge in [0, 0.05) is 12.2 Å². The second-order valence-corrected chi connectivity index (χ2v) is 6.55. The molecule has 3 aromatic carbocycles. The van der Waals surface area contributed by atoms with Gasteiger partial charge in [-0.2, -0.15) is 0 Å². The van der Waals surface area contributed by atoms with Crippen molar-refractivity contribution in [2.24, 2.45) is 0 Å². The van der Waals surface area contributed by atoms with Gasteiger partial charge in [0.25, 0.3) is 0 Å². The van der Waals surface area contributed by atoms with Gasteiger partial charge in [-0.25, -0.2) is 9.59 Å². The molecular formula is C30H28O4. The van der Waals surface area contributed by atoms with Crippen molar-refractivity contribution in [2.45, 2.75) is 0 Å². The molecule has 0 radical (unpaired) electrons. The van der Waals surface area contributed by atoms with E-state index in [1.165, 1.54) is 17.7 Å². The Kier molecular flexibility index (Phi) is 14.4. The summed E-state index contributed by atoms with van der Waals surface area (Å²) < 4.78 is 0. The van der Waals surface area contributed by atoms with Gasteiger partial charge in [0.1, 0.15) is 0 Å². The van der Waals surface area contributed by atoms with Crippen LogP contribution in [0.3, 0.4) is 0 Å². The van der Waals surface area contributed by atoms with Gasteiger partial charge in [-0.3, -0.25) is 0 Å². The van der Waals surface area contributed by atoms with Crippen LogP contribution in [0.5, 0.6) is 0 Å². The maximum atomic E-state index is 10.1. The molecule has 3 aromatic rings. The minimum Gasteiger partial charge on any atom is -0.478 e. The third-order valence-electron chi connectivity index (χ3n) is 3.91. The van der Waals surface area contributed by atoms with Crippen LogP contribution < -0.4 is 0 Å². The van der Waals surface area contributed by atoms with E-state index in [2.05, 4.69) is 6.58 Å². The highest BCUT2D eigenvalue weighted by Gasteiger charge is 1.83. The number of carboxylic acid groups (broad SMARTS) is 2. The first-order valence-corrected chi connectivity index (χ1v) is 10.4. The van der Waals surface area contributed by atoms with Crippen LogP contribution in [-0.4, -0.2) is 22.2 Å². The first kappa shape index (κ1) is 27.3. The highest BCUT2D eigenvalue weighted by atomic mass is 16.4. The Morgan fingerprint density at radius 2 is 0.853 bits per heavy atom. The molecule has 0 amide bonds. The Hall–Kier alpha value is -4.70. The van der Waals surface area contributed by atoms with Gasteiger partial charge in [-0.05, 0) is 16.7 Å². The fraction of sp³-hybridized carbons (Fsp3) is 0. The Bertz CT molecular complexity index is 1020. The lowest BCUT2D eigenvalue weighted by Gasteiger charge is -1.87. The molecule has 0 heterocycles. The fourth-order valence-corrected chi connectivity index (χ4v) is 2.33. The van der Waals surface area contributed by atoms with Crippen LogP contribution in [0.1, 0.15) is 16.7 Å². The minimum atomic E-state index is -0.933. The molecule has 34 heavy (non-hydrogen) atoms. The van der Waals surface area contributed by atoms with E-state index in [-0.39, 0.29) is 0 Å². The van der Waals surface area contributed by atoms with Crippen LogP contribution in [0.4, 0.5) is 0 Å². The van der Waals surface area contributed by atoms with Crippen LogP contribution in [0.2, 0.25) is 0 Å². The summed E-state index contributed by atoms with van der Waals surface area (Å²) >= 11 is 0. The molecule has 0 spiro atoms. The Morgan fingerprint density at radius 1 is 0.529 bits per heavy atom. The number of rotatable bonds is 7. The van der Waals surface area contributed by atoms with Crippen LogP contribution in [0.25, 0.3) is 18.2 Å². The van der Waals surface area contributed by atoms with Crippen molar-refractivity contribution in [1.29, 1.82) is 0 Å². The Balaban J connectivity index is 0.000000263. The summed E-state index contributed by atoms with van der Waals surface area (Å²) in [5.74, 6) is -1.87. The lowest BCUT2D eigenvalue weighted by atomic mass is 10.2. The summed E-state index contributed by atoms with van der Waals surface area (Å²) in [4.78, 5) is 20.2. The van der Waals surface area contributed by atoms with E-state index in [0.29, 0.717) is 0 Å². The normalized spacial score (nSPS) is 10.5. The third-order valence-corrected chi connectivity index (χ3v) is 3.91. The zero-order valence-corrected chi connectivity index (χ0v) is 18.8. The molecule has 0 aliphatic rings. The van der Waals surface area contributed by atoms with Crippen LogP contribution in [-0.2, 0) is 9.59 Å². The van der Waals surface area contributed by atoms with E-state index in [4.69, 9.17) is 10.2 Å². The van der Waals surface area contributed by atoms with Crippen LogP contribution >= 0.6 is 0 Å². The molecule has 0 atom stereocenters. The molecule has 0 fully saturated rings. The molecule has 4 heteroatoms. The maximum absolute atomic E-state index is 10.1. The van der Waals surface area contributed by atoms with Gasteiger partial charge in [0.15, 0.2) is 0 Å². The standard InChI is InChI=1S/2C11H10O2.C8H8/c2*12-11(13)9-5-4-8-10-6-2-1-3-7-10;1-2-8-6-4-3-5-7-8/h2*1-9H,(H,12,13);2-7H,1H2. The molecule has 0 saturated heterocycles. The van der Waals surface area contributed by atoms with Gasteiger partial charge in [0.2, 0.25) is 0 Å². The summed E-state index contributed by atoms with van der Waals surface area (Å²) in [6, 6.07) is 29.4. The van der Waals surface area contributed by atoms with Crippen LogP contribution in [0.15, 0.2) is 134 Å². The molecular weight excluding hydrogens is 424 g/mol. The average Bonchev–Trinajstić information content (AvgIpc) is 2.87. The molecule has 0 bridgehead atoms. The summed E-state index contributed by atoms with van der Waals surface area (Å²) in [6.45, 7) is 3.63. The van der Waals surface area contributed by atoms with E-state index in [0.717, 1.165) is 23.3 Å². The Morgan fingerprint density at radius 3 is 1.12 bits per heavy atom. The van der Waals surface area contributed by atoms with Crippen molar-refractivity contribution >= 4 is 30.2 Å². The fourth-order valence-electron chi connectivity index (χ4n) is 2.33. The molecule has 0 saturated carbocycles. The SMILES string of the molecule is C=Cc1ccccc1.O=C(O)C=CC=Cc1ccccc1.O=C(O)C=CC=Cc1ccccc1. The topological polar surface area (TPSA) is 74.6 Å². The summed E-state index contributed by atoms with van der Waals surface area (Å²) in [5, 5.41) is 16.6. The monoisotopic (exact) mass is 452 g/mol. The number of carboxylic acids is 2. The largest absolute Gasteiger partial charge is 0.478 e. The number of hydrogen-bond acceptors (Lipinski definition) is 2. The molecule has 4 nitrogen and oxygen atoms in total. The first-order valence-electron chi connectivity index (χ1n) is 10.4. The van der Waals surface area contributed by atoms with E-state index in [1.54, 1.807) is 12.2 Å².